The summed E-state index contributed by atoms with van der Waals surface area (Å²) in [5.74, 6) is 19.1. The minimum Gasteiger partial charge on any atom is -0.356 e. The topological polar surface area (TPSA) is 524 Å². The molecule has 9 amide bonds. The second-order valence-electron chi connectivity index (χ2n) is 27.8. The minimum absolute atomic E-state index is 0. The summed E-state index contributed by atoms with van der Waals surface area (Å²) in [6, 6.07) is 29.5. The lowest BCUT2D eigenvalue weighted by Crippen LogP contribution is -2.40. The highest BCUT2D eigenvalue weighted by molar-refractivity contribution is 5.79. The molecule has 4 aromatic carbocycles. The molecule has 33 nitrogen and oxygen atoms in total. The molecule has 0 fully saturated rings. The van der Waals surface area contributed by atoms with E-state index in [1.807, 2.05) is 97.9 Å². The number of amides is 9. The van der Waals surface area contributed by atoms with Gasteiger partial charge in [0.1, 0.15) is 0 Å². The summed E-state index contributed by atoms with van der Waals surface area (Å²) in [5, 5.41) is 25.5. The second kappa shape index (κ2) is 63.3. The van der Waals surface area contributed by atoms with Crippen molar-refractivity contribution in [3.63, 3.8) is 0 Å². The van der Waals surface area contributed by atoms with Gasteiger partial charge < -0.3 is 115 Å². The first-order valence-electron chi connectivity index (χ1n) is 40.6. The molecule has 4 aromatic rings. The standard InChI is InChI=1S/C84H131N23O9.H3N/c1-2-93-76(108)21-46-102(47-22-77(109)94-38-30-85)55-58-105(52-27-82(114)99-43-35-90)64-70-12-3-67(4-13-70)9-18-73-61-74(19-10-68-5-14-71(15-6-68)65-106(53-28-83(115)100-44-36-91)59-56-103(48-23-78(110)95-39-31-86)49-24-79(111)96-40-32-87)63-75(62-73)20-11-69-7-16-72(17-8-69)66-107(54-29-84(116)101-45-37-92)60-57-104(50-25-80(112)97-41-33-88)51-26-81(113)98-42-34-89;/h3-8,12-17,61-63H,2,21-60,64-66,85-92H2,1H3,(H,93,108)(H,94,109)(H,95,110)(H,96,111)(H,97,112)(H,98,113)(H,99,114)(H,100,115)(H,101,116);1H3. The Morgan fingerprint density at radius 2 is 0.402 bits per heavy atom. The predicted molar refractivity (Wildman–Crippen MR) is 461 cm³/mol. The highest BCUT2D eigenvalue weighted by Gasteiger charge is 2.20. The maximum atomic E-state index is 12.9. The fourth-order valence-electron chi connectivity index (χ4n) is 11.8. The number of rotatable bonds is 59. The van der Waals surface area contributed by atoms with E-state index in [9.17, 15) is 43.2 Å². The van der Waals surface area contributed by atoms with Crippen LogP contribution in [0.1, 0.15) is 115 Å². The monoisotopic (exact) mass is 1620 g/mol. The number of nitrogens with two attached hydrogens (primary N) is 8. The quantitative estimate of drug-likeness (QED) is 0.0192. The first kappa shape index (κ1) is 101. The molecule has 0 bridgehead atoms. The van der Waals surface area contributed by atoms with Crippen LogP contribution in [0.15, 0.2) is 91.0 Å². The van der Waals surface area contributed by atoms with Crippen LogP contribution in [-0.2, 0) is 62.8 Å². The van der Waals surface area contributed by atoms with Crippen LogP contribution in [0.2, 0.25) is 0 Å². The highest BCUT2D eigenvalue weighted by Crippen LogP contribution is 2.16. The Kier molecular flexibility index (Phi) is 54.9. The number of hydrogen-bond donors (Lipinski definition) is 18. The third-order valence-electron chi connectivity index (χ3n) is 18.3. The third-order valence-corrected chi connectivity index (χ3v) is 18.3. The summed E-state index contributed by atoms with van der Waals surface area (Å²) in [7, 11) is 0. The van der Waals surface area contributed by atoms with Crippen LogP contribution < -0.4 is 99.9 Å². The van der Waals surface area contributed by atoms with Gasteiger partial charge in [-0.15, -0.1) is 0 Å². The molecule has 4 rings (SSSR count). The van der Waals surface area contributed by atoms with Crippen LogP contribution in [-0.4, -0.2) is 292 Å². The van der Waals surface area contributed by atoms with Gasteiger partial charge in [-0.2, -0.15) is 0 Å². The predicted octanol–water partition coefficient (Wildman–Crippen LogP) is -3.39. The van der Waals surface area contributed by atoms with Crippen LogP contribution in [0, 0.1) is 35.5 Å². The number of carbonyl (C=O) groups excluding carboxylic acids is 9. The maximum Gasteiger partial charge on any atom is 0.221 e. The van der Waals surface area contributed by atoms with Gasteiger partial charge in [-0.05, 0) is 78.2 Å². The molecule has 0 saturated heterocycles. The molecule has 33 heteroatoms. The zero-order valence-corrected chi connectivity index (χ0v) is 69.0. The van der Waals surface area contributed by atoms with E-state index in [-0.39, 0.29) is 117 Å². The first-order chi connectivity index (χ1) is 56.3. The number of nitrogens with one attached hydrogen (secondary N) is 9. The Morgan fingerprint density at radius 1 is 0.239 bits per heavy atom. The van der Waals surface area contributed by atoms with Gasteiger partial charge in [-0.3, -0.25) is 57.9 Å². The van der Waals surface area contributed by atoms with Crippen molar-refractivity contribution in [2.24, 2.45) is 45.9 Å². The van der Waals surface area contributed by atoms with Crippen molar-refractivity contribution in [3.8, 4) is 35.5 Å². The average molecular weight is 1620 g/mol. The van der Waals surface area contributed by atoms with Crippen molar-refractivity contribution in [2.75, 3.05) is 209 Å². The van der Waals surface area contributed by atoms with Gasteiger partial charge in [-0.1, -0.05) is 71.9 Å². The lowest BCUT2D eigenvalue weighted by Gasteiger charge is -2.28. The minimum atomic E-state index is -0.136. The van der Waals surface area contributed by atoms with Gasteiger partial charge in [0.25, 0.3) is 0 Å². The van der Waals surface area contributed by atoms with Gasteiger partial charge in [0.05, 0.1) is 0 Å². The Labute approximate surface area is 692 Å². The lowest BCUT2D eigenvalue weighted by molar-refractivity contribution is -0.123. The van der Waals surface area contributed by atoms with Crippen molar-refractivity contribution in [1.82, 2.24) is 83.4 Å². The summed E-state index contributed by atoms with van der Waals surface area (Å²) < 4.78 is 0. The van der Waals surface area contributed by atoms with Gasteiger partial charge >= 0.3 is 0 Å². The Bertz CT molecular complexity index is 3530. The fraction of sp³-hybridized carbons (Fsp3) is 0.536. The molecule has 28 N–H and O–H groups in total. The van der Waals surface area contributed by atoms with E-state index in [0.29, 0.717) is 246 Å². The number of carbonyl (C=O) groups is 9. The summed E-state index contributed by atoms with van der Waals surface area (Å²) >= 11 is 0. The Morgan fingerprint density at radius 3 is 0.581 bits per heavy atom. The molecule has 0 radical (unpaired) electrons. The van der Waals surface area contributed by atoms with Gasteiger partial charge in [0.2, 0.25) is 53.2 Å². The van der Waals surface area contributed by atoms with E-state index in [1.165, 1.54) is 0 Å². The molecule has 117 heavy (non-hydrogen) atoms. The molecule has 0 aromatic heterocycles. The number of benzene rings is 4. The molecular formula is C84H134N24O9. The number of hydrogen-bond acceptors (Lipinski definition) is 24. The molecule has 0 aliphatic carbocycles. The normalized spacial score (nSPS) is 10.9. The summed E-state index contributed by atoms with van der Waals surface area (Å²) in [6.07, 6.45) is 2.10. The fourth-order valence-corrected chi connectivity index (χ4v) is 11.8. The largest absolute Gasteiger partial charge is 0.356 e. The van der Waals surface area contributed by atoms with E-state index in [1.54, 1.807) is 0 Å². The molecule has 0 aliphatic heterocycles. The van der Waals surface area contributed by atoms with Gasteiger partial charge in [-0.25, -0.2) is 0 Å². The number of nitrogens with zero attached hydrogens (tertiary/aromatic N) is 6. The SMILES string of the molecule is CCNC(=O)CCN(CCC(=O)NCCN)CCN(CCC(=O)NCCN)Cc1ccc(C#Cc2cc(C#Cc3ccc(CN(CCC(=O)NCCN)CCN(CCC(=O)NCCN)CCC(=O)NCCN)cc3)cc(C#Cc3ccc(CN(CCC(=O)NCCN)CCN(CCC(=O)NCCN)CCC(=O)NCCN)cc3)c2)cc1.N. The molecule has 0 atom stereocenters. The molecule has 0 spiro atoms. The average Bonchev–Trinajstić information content (AvgIpc) is 0.851. The molecule has 0 aliphatic rings. The molecule has 0 heterocycles. The molecule has 644 valence electrons. The zero-order chi connectivity index (χ0) is 84.2. The zero-order valence-electron chi connectivity index (χ0n) is 69.0. The van der Waals surface area contributed by atoms with Crippen LogP contribution in [0.5, 0.6) is 0 Å². The van der Waals surface area contributed by atoms with Crippen molar-refractivity contribution >= 4 is 53.2 Å². The van der Waals surface area contributed by atoms with E-state index >= 15 is 0 Å². The highest BCUT2D eigenvalue weighted by atomic mass is 16.2. The summed E-state index contributed by atoms with van der Waals surface area (Å²) in [5.41, 5.74) is 52.4. The van der Waals surface area contributed by atoms with Crippen LogP contribution in [0.25, 0.3) is 0 Å². The van der Waals surface area contributed by atoms with Crippen molar-refractivity contribution in [3.05, 3.63) is 141 Å². The van der Waals surface area contributed by atoms with Gasteiger partial charge in [0, 0.05) is 320 Å². The smallest absolute Gasteiger partial charge is 0.221 e. The molecule has 0 saturated carbocycles. The maximum absolute atomic E-state index is 12.9. The second-order valence-corrected chi connectivity index (χ2v) is 27.8. The van der Waals surface area contributed by atoms with E-state index in [4.69, 9.17) is 45.9 Å². The Hall–Kier alpha value is -9.81. The third kappa shape index (κ3) is 48.5. The molecular weight excluding hydrogens is 1490 g/mol. The van der Waals surface area contributed by atoms with Crippen molar-refractivity contribution < 1.29 is 43.2 Å². The van der Waals surface area contributed by atoms with Crippen LogP contribution >= 0.6 is 0 Å². The van der Waals surface area contributed by atoms with Crippen molar-refractivity contribution in [1.29, 1.82) is 0 Å². The summed E-state index contributed by atoms with van der Waals surface area (Å²) in [6.45, 7) is 16.4. The van der Waals surface area contributed by atoms with Crippen molar-refractivity contribution in [2.45, 2.75) is 84.3 Å². The lowest BCUT2D eigenvalue weighted by atomic mass is 10.0. The Balaban J connectivity index is 0.0000354. The van der Waals surface area contributed by atoms with E-state index in [0.717, 1.165) is 33.4 Å². The summed E-state index contributed by atoms with van der Waals surface area (Å²) in [4.78, 5) is 127. The molecule has 0 unspecified atom stereocenters. The van der Waals surface area contributed by atoms with E-state index < -0.39 is 0 Å². The van der Waals surface area contributed by atoms with Crippen LogP contribution in [0.4, 0.5) is 0 Å². The van der Waals surface area contributed by atoms with E-state index in [2.05, 4.69) is 113 Å². The van der Waals surface area contributed by atoms with Crippen LogP contribution in [0.3, 0.4) is 0 Å². The van der Waals surface area contributed by atoms with Gasteiger partial charge in [0.15, 0.2) is 0 Å². The first-order valence-corrected chi connectivity index (χ1v) is 40.6.